The molecular formula is C19H22O6. The number of aliphatic hydroxyl groups is 2. The third-order valence-corrected chi connectivity index (χ3v) is 6.70. The smallest absolute Gasteiger partial charge is 0.310 e. The standard InChI is InChI=1S/C19H22O6/c1-18-8-13(10-5-6-24-9-10)25-17(23)11(18)7-15(22)19(2)14(21)4-3-12(20)16(18)19/h3-6,9,11-13,15-16,20,22H,7-8H2,1-2H3. The molecule has 6 nitrogen and oxygen atoms in total. The van der Waals surface area contributed by atoms with Gasteiger partial charge in [-0.2, -0.15) is 0 Å². The van der Waals surface area contributed by atoms with E-state index in [1.54, 1.807) is 19.3 Å². The molecule has 0 amide bonds. The highest BCUT2D eigenvalue weighted by Crippen LogP contribution is 2.62. The van der Waals surface area contributed by atoms with E-state index >= 15 is 0 Å². The molecule has 1 saturated heterocycles. The average Bonchev–Trinajstić information content (AvgIpc) is 3.08. The number of esters is 1. The van der Waals surface area contributed by atoms with E-state index in [2.05, 4.69) is 0 Å². The zero-order chi connectivity index (χ0) is 18.0. The normalized spacial score (nSPS) is 46.3. The minimum atomic E-state index is -1.11. The van der Waals surface area contributed by atoms with E-state index in [0.717, 1.165) is 5.56 Å². The van der Waals surface area contributed by atoms with Crippen molar-refractivity contribution in [2.24, 2.45) is 22.7 Å². The molecule has 3 aliphatic rings. The Morgan fingerprint density at radius 2 is 2.00 bits per heavy atom. The molecule has 2 N–H and O–H groups in total. The van der Waals surface area contributed by atoms with E-state index in [1.807, 2.05) is 6.92 Å². The first-order valence-electron chi connectivity index (χ1n) is 8.60. The van der Waals surface area contributed by atoms with E-state index < -0.39 is 46.9 Å². The van der Waals surface area contributed by atoms with E-state index in [1.165, 1.54) is 18.4 Å². The van der Waals surface area contributed by atoms with Gasteiger partial charge in [0.1, 0.15) is 6.10 Å². The number of fused-ring (bicyclic) bond motifs is 3. The predicted octanol–water partition coefficient (Wildman–Crippen LogP) is 1.78. The van der Waals surface area contributed by atoms with Crippen molar-refractivity contribution in [3.63, 3.8) is 0 Å². The van der Waals surface area contributed by atoms with Gasteiger partial charge < -0.3 is 19.4 Å². The monoisotopic (exact) mass is 346 g/mol. The van der Waals surface area contributed by atoms with Gasteiger partial charge >= 0.3 is 5.97 Å². The van der Waals surface area contributed by atoms with Crippen LogP contribution in [-0.4, -0.2) is 34.2 Å². The molecule has 1 saturated carbocycles. The van der Waals surface area contributed by atoms with Crippen molar-refractivity contribution in [2.75, 3.05) is 0 Å². The Bertz CT molecular complexity index is 737. The number of allylic oxidation sites excluding steroid dienone is 1. The molecule has 25 heavy (non-hydrogen) atoms. The van der Waals surface area contributed by atoms with E-state index in [0.29, 0.717) is 6.42 Å². The number of carbonyl (C=O) groups excluding carboxylic acids is 2. The molecule has 0 bridgehead atoms. The molecule has 0 aromatic carbocycles. The summed E-state index contributed by atoms with van der Waals surface area (Å²) in [7, 11) is 0. The van der Waals surface area contributed by atoms with Crippen LogP contribution in [0.4, 0.5) is 0 Å². The van der Waals surface area contributed by atoms with Crippen molar-refractivity contribution < 1.29 is 29.0 Å². The second-order valence-electron chi connectivity index (χ2n) is 7.97. The topological polar surface area (TPSA) is 97.0 Å². The van der Waals surface area contributed by atoms with Crippen molar-refractivity contribution in [1.82, 2.24) is 0 Å². The fourth-order valence-electron chi connectivity index (χ4n) is 5.33. The molecule has 6 heteroatoms. The van der Waals surface area contributed by atoms with Crippen LogP contribution in [0.1, 0.15) is 38.4 Å². The molecule has 2 aliphatic carbocycles. The summed E-state index contributed by atoms with van der Waals surface area (Å²) in [4.78, 5) is 25.3. The van der Waals surface area contributed by atoms with Gasteiger partial charge in [-0.3, -0.25) is 9.59 Å². The molecule has 7 unspecified atom stereocenters. The van der Waals surface area contributed by atoms with E-state index in [-0.39, 0.29) is 12.2 Å². The highest BCUT2D eigenvalue weighted by molar-refractivity contribution is 5.97. The lowest BCUT2D eigenvalue weighted by Gasteiger charge is -2.60. The van der Waals surface area contributed by atoms with Gasteiger partial charge in [0, 0.05) is 11.5 Å². The average molecular weight is 346 g/mol. The van der Waals surface area contributed by atoms with Crippen LogP contribution in [0, 0.1) is 22.7 Å². The number of cyclic esters (lactones) is 1. The van der Waals surface area contributed by atoms with Gasteiger partial charge in [-0.05, 0) is 37.3 Å². The lowest BCUT2D eigenvalue weighted by Crippen LogP contribution is -2.65. The van der Waals surface area contributed by atoms with Crippen LogP contribution in [0.25, 0.3) is 0 Å². The molecule has 2 fully saturated rings. The van der Waals surface area contributed by atoms with Gasteiger partial charge in [0.25, 0.3) is 0 Å². The largest absolute Gasteiger partial charge is 0.472 e. The van der Waals surface area contributed by atoms with Crippen LogP contribution in [0.5, 0.6) is 0 Å². The summed E-state index contributed by atoms with van der Waals surface area (Å²) in [6.45, 7) is 3.63. The minimum Gasteiger partial charge on any atom is -0.472 e. The van der Waals surface area contributed by atoms with E-state index in [9.17, 15) is 19.8 Å². The third-order valence-electron chi connectivity index (χ3n) is 6.70. The van der Waals surface area contributed by atoms with E-state index in [4.69, 9.17) is 9.15 Å². The molecule has 1 aliphatic heterocycles. The molecule has 4 rings (SSSR count). The van der Waals surface area contributed by atoms with Crippen molar-refractivity contribution in [1.29, 1.82) is 0 Å². The Hall–Kier alpha value is -1.92. The van der Waals surface area contributed by atoms with Crippen LogP contribution in [0.2, 0.25) is 0 Å². The molecule has 1 aromatic heterocycles. The first kappa shape index (κ1) is 16.5. The Balaban J connectivity index is 1.81. The number of ketones is 1. The zero-order valence-corrected chi connectivity index (χ0v) is 14.2. The molecule has 1 aromatic rings. The highest BCUT2D eigenvalue weighted by atomic mass is 16.5. The summed E-state index contributed by atoms with van der Waals surface area (Å²) in [5.41, 5.74) is -1.03. The Morgan fingerprint density at radius 3 is 2.68 bits per heavy atom. The van der Waals surface area contributed by atoms with Gasteiger partial charge in [-0.1, -0.05) is 13.0 Å². The van der Waals surface area contributed by atoms with Gasteiger partial charge in [0.05, 0.1) is 36.1 Å². The summed E-state index contributed by atoms with van der Waals surface area (Å²) in [5, 5.41) is 21.4. The second kappa shape index (κ2) is 5.29. The number of carbonyl (C=O) groups is 2. The van der Waals surface area contributed by atoms with Crippen LogP contribution < -0.4 is 0 Å². The highest BCUT2D eigenvalue weighted by Gasteiger charge is 2.66. The lowest BCUT2D eigenvalue weighted by atomic mass is 9.45. The first-order chi connectivity index (χ1) is 11.8. The van der Waals surface area contributed by atoms with Crippen molar-refractivity contribution >= 4 is 11.8 Å². The number of furan rings is 1. The van der Waals surface area contributed by atoms with Gasteiger partial charge in [0.2, 0.25) is 0 Å². The maximum atomic E-state index is 12.7. The number of aliphatic hydroxyl groups excluding tert-OH is 2. The zero-order valence-electron chi connectivity index (χ0n) is 14.2. The van der Waals surface area contributed by atoms with Crippen LogP contribution >= 0.6 is 0 Å². The molecule has 2 heterocycles. The van der Waals surface area contributed by atoms with Crippen LogP contribution in [-0.2, 0) is 14.3 Å². The predicted molar refractivity (Wildman–Crippen MR) is 86.1 cm³/mol. The lowest BCUT2D eigenvalue weighted by molar-refractivity contribution is -0.218. The number of ether oxygens (including phenoxy) is 1. The van der Waals surface area contributed by atoms with Crippen LogP contribution in [0.3, 0.4) is 0 Å². The third kappa shape index (κ3) is 2.10. The Labute approximate surface area is 145 Å². The molecular weight excluding hydrogens is 324 g/mol. The maximum Gasteiger partial charge on any atom is 0.310 e. The second-order valence-corrected chi connectivity index (χ2v) is 7.97. The summed E-state index contributed by atoms with van der Waals surface area (Å²) >= 11 is 0. The first-order valence-corrected chi connectivity index (χ1v) is 8.60. The SMILES string of the molecule is CC12CC(c3ccoc3)OC(=O)C1CC(O)C1(C)C(=O)C=CC(O)C21. The minimum absolute atomic E-state index is 0.159. The van der Waals surface area contributed by atoms with Gasteiger partial charge in [0.15, 0.2) is 5.78 Å². The van der Waals surface area contributed by atoms with Crippen molar-refractivity contribution in [3.05, 3.63) is 36.3 Å². The van der Waals surface area contributed by atoms with Crippen LogP contribution in [0.15, 0.2) is 35.2 Å². The Kier molecular flexibility index (Phi) is 3.50. The van der Waals surface area contributed by atoms with Crippen molar-refractivity contribution in [2.45, 2.75) is 45.0 Å². The van der Waals surface area contributed by atoms with Gasteiger partial charge in [-0.25, -0.2) is 0 Å². The molecule has 7 atom stereocenters. The fourth-order valence-corrected chi connectivity index (χ4v) is 5.33. The maximum absolute atomic E-state index is 12.7. The molecule has 0 radical (unpaired) electrons. The number of hydrogen-bond donors (Lipinski definition) is 2. The van der Waals surface area contributed by atoms with Crippen molar-refractivity contribution in [3.8, 4) is 0 Å². The Morgan fingerprint density at radius 1 is 1.24 bits per heavy atom. The quantitative estimate of drug-likeness (QED) is 0.753. The molecule has 0 spiro atoms. The van der Waals surface area contributed by atoms with Gasteiger partial charge in [-0.15, -0.1) is 0 Å². The summed E-state index contributed by atoms with van der Waals surface area (Å²) in [6, 6.07) is 1.75. The summed E-state index contributed by atoms with van der Waals surface area (Å²) < 4.78 is 10.7. The number of rotatable bonds is 1. The summed E-state index contributed by atoms with van der Waals surface area (Å²) in [5.74, 6) is -1.71. The fraction of sp³-hybridized carbons (Fsp3) is 0.579. The summed E-state index contributed by atoms with van der Waals surface area (Å²) in [6.07, 6.45) is 4.13. The number of hydrogen-bond acceptors (Lipinski definition) is 6. The molecule has 134 valence electrons.